The normalized spacial score (nSPS) is 15.4. The number of hydrogen-bond donors (Lipinski definition) is 1. The number of nitrogens with zero attached hydrogens (tertiary/aromatic N) is 2. The summed E-state index contributed by atoms with van der Waals surface area (Å²) in [5.41, 5.74) is 3.47. The van der Waals surface area contributed by atoms with Crippen LogP contribution in [0, 0.1) is 5.92 Å². The number of nitrogens with one attached hydrogen (secondary N) is 1. The fourth-order valence-corrected chi connectivity index (χ4v) is 3.04. The van der Waals surface area contributed by atoms with E-state index in [2.05, 4.69) is 57.6 Å². The molecular weight excluding hydrogens is 310 g/mol. The van der Waals surface area contributed by atoms with Crippen molar-refractivity contribution in [3.05, 3.63) is 60.2 Å². The minimum Gasteiger partial charge on any atom is -0.369 e. The van der Waals surface area contributed by atoms with E-state index in [1.165, 1.54) is 11.3 Å². The summed E-state index contributed by atoms with van der Waals surface area (Å²) < 4.78 is 0. The minimum atomic E-state index is 0.000543. The third-order valence-corrected chi connectivity index (χ3v) is 4.65. The summed E-state index contributed by atoms with van der Waals surface area (Å²) >= 11 is 0. The van der Waals surface area contributed by atoms with Crippen molar-refractivity contribution in [2.75, 3.05) is 36.4 Å². The molecule has 0 aliphatic carbocycles. The number of amides is 1. The number of carbonyl (C=O) groups excluding carboxylic acids is 1. The number of benzene rings is 2. The van der Waals surface area contributed by atoms with Crippen LogP contribution in [0.15, 0.2) is 54.6 Å². The number of piperazine rings is 1. The van der Waals surface area contributed by atoms with Crippen LogP contribution in [0.1, 0.15) is 19.4 Å². The van der Waals surface area contributed by atoms with E-state index in [-0.39, 0.29) is 11.8 Å². The van der Waals surface area contributed by atoms with Crippen molar-refractivity contribution in [1.29, 1.82) is 0 Å². The molecule has 25 heavy (non-hydrogen) atoms. The molecule has 0 unspecified atom stereocenters. The first-order valence-corrected chi connectivity index (χ1v) is 9.04. The van der Waals surface area contributed by atoms with Crippen LogP contribution in [0.3, 0.4) is 0 Å². The quantitative estimate of drug-likeness (QED) is 0.905. The van der Waals surface area contributed by atoms with E-state index >= 15 is 0 Å². The second-order valence-corrected chi connectivity index (χ2v) is 6.94. The van der Waals surface area contributed by atoms with Crippen molar-refractivity contribution in [2.24, 2.45) is 5.92 Å². The smallest absolute Gasteiger partial charge is 0.226 e. The zero-order chi connectivity index (χ0) is 17.6. The molecule has 1 aliphatic heterocycles. The summed E-state index contributed by atoms with van der Waals surface area (Å²) in [7, 11) is 0. The molecule has 0 aromatic heterocycles. The van der Waals surface area contributed by atoms with Crippen LogP contribution in [0.2, 0.25) is 0 Å². The Morgan fingerprint density at radius 1 is 0.960 bits per heavy atom. The number of anilines is 2. The Morgan fingerprint density at radius 3 is 2.20 bits per heavy atom. The molecule has 2 aromatic carbocycles. The van der Waals surface area contributed by atoms with Gasteiger partial charge in [0, 0.05) is 50.0 Å². The fraction of sp³-hybridized carbons (Fsp3) is 0.381. The molecule has 3 rings (SSSR count). The van der Waals surface area contributed by atoms with Crippen LogP contribution in [-0.4, -0.2) is 37.0 Å². The SMILES string of the molecule is CC(C)C(=O)Nc1ccc(CN2CCN(c3ccccc3)CC2)cc1. The Hall–Kier alpha value is -2.33. The standard InChI is InChI=1S/C21H27N3O/c1-17(2)21(25)22-19-10-8-18(9-11-19)16-23-12-14-24(15-13-23)20-6-4-3-5-7-20/h3-11,17H,12-16H2,1-2H3,(H,22,25). The van der Waals surface area contributed by atoms with Crippen LogP contribution in [0.5, 0.6) is 0 Å². The van der Waals surface area contributed by atoms with Gasteiger partial charge in [-0.1, -0.05) is 44.2 Å². The highest BCUT2D eigenvalue weighted by Crippen LogP contribution is 2.17. The summed E-state index contributed by atoms with van der Waals surface area (Å²) in [5.74, 6) is 0.0605. The van der Waals surface area contributed by atoms with Crippen LogP contribution < -0.4 is 10.2 Å². The highest BCUT2D eigenvalue weighted by atomic mass is 16.1. The lowest BCUT2D eigenvalue weighted by molar-refractivity contribution is -0.118. The lowest BCUT2D eigenvalue weighted by Crippen LogP contribution is -2.45. The molecule has 0 saturated carbocycles. The molecule has 4 heteroatoms. The fourth-order valence-electron chi connectivity index (χ4n) is 3.04. The lowest BCUT2D eigenvalue weighted by atomic mass is 10.1. The monoisotopic (exact) mass is 337 g/mol. The van der Waals surface area contributed by atoms with Gasteiger partial charge in [-0.05, 0) is 29.8 Å². The topological polar surface area (TPSA) is 35.6 Å². The molecule has 1 N–H and O–H groups in total. The molecule has 1 amide bonds. The first kappa shape index (κ1) is 17.5. The third-order valence-electron chi connectivity index (χ3n) is 4.65. The molecule has 0 radical (unpaired) electrons. The van der Waals surface area contributed by atoms with Gasteiger partial charge in [0.05, 0.1) is 0 Å². The summed E-state index contributed by atoms with van der Waals surface area (Å²) in [5, 5.41) is 2.94. The first-order chi connectivity index (χ1) is 12.1. The van der Waals surface area contributed by atoms with Crippen LogP contribution in [-0.2, 0) is 11.3 Å². The van der Waals surface area contributed by atoms with Crippen molar-refractivity contribution in [3.63, 3.8) is 0 Å². The molecule has 132 valence electrons. The first-order valence-electron chi connectivity index (χ1n) is 9.04. The molecular formula is C21H27N3O. The second kappa shape index (κ2) is 8.17. The largest absolute Gasteiger partial charge is 0.369 e. The van der Waals surface area contributed by atoms with E-state index in [1.54, 1.807) is 0 Å². The van der Waals surface area contributed by atoms with Crippen molar-refractivity contribution in [1.82, 2.24) is 4.90 Å². The number of carbonyl (C=O) groups is 1. The van der Waals surface area contributed by atoms with Gasteiger partial charge in [-0.25, -0.2) is 0 Å². The van der Waals surface area contributed by atoms with Crippen LogP contribution >= 0.6 is 0 Å². The van der Waals surface area contributed by atoms with Gasteiger partial charge >= 0.3 is 0 Å². The Kier molecular flexibility index (Phi) is 5.71. The maximum atomic E-state index is 11.7. The van der Waals surface area contributed by atoms with E-state index in [1.807, 2.05) is 26.0 Å². The summed E-state index contributed by atoms with van der Waals surface area (Å²) in [6.07, 6.45) is 0. The third kappa shape index (κ3) is 4.83. The van der Waals surface area contributed by atoms with Gasteiger partial charge < -0.3 is 10.2 Å². The Balaban J connectivity index is 1.50. The highest BCUT2D eigenvalue weighted by Gasteiger charge is 2.17. The van der Waals surface area contributed by atoms with Crippen LogP contribution in [0.4, 0.5) is 11.4 Å². The van der Waals surface area contributed by atoms with Crippen molar-refractivity contribution < 1.29 is 4.79 Å². The summed E-state index contributed by atoms with van der Waals surface area (Å²) in [6, 6.07) is 18.8. The van der Waals surface area contributed by atoms with Gasteiger partial charge in [-0.3, -0.25) is 9.69 Å². The molecule has 2 aromatic rings. The van der Waals surface area contributed by atoms with Crippen LogP contribution in [0.25, 0.3) is 0 Å². The van der Waals surface area contributed by atoms with E-state index in [0.29, 0.717) is 0 Å². The highest BCUT2D eigenvalue weighted by molar-refractivity contribution is 5.92. The van der Waals surface area contributed by atoms with Gasteiger partial charge in [0.1, 0.15) is 0 Å². The van der Waals surface area contributed by atoms with Crippen molar-refractivity contribution in [3.8, 4) is 0 Å². The zero-order valence-corrected chi connectivity index (χ0v) is 15.1. The zero-order valence-electron chi connectivity index (χ0n) is 15.1. The molecule has 4 nitrogen and oxygen atoms in total. The molecule has 0 spiro atoms. The number of hydrogen-bond acceptors (Lipinski definition) is 3. The van der Waals surface area contributed by atoms with E-state index in [9.17, 15) is 4.79 Å². The molecule has 1 aliphatic rings. The van der Waals surface area contributed by atoms with Gasteiger partial charge in [0.15, 0.2) is 0 Å². The number of para-hydroxylation sites is 1. The molecule has 0 atom stereocenters. The number of rotatable bonds is 5. The van der Waals surface area contributed by atoms with Gasteiger partial charge in [0.2, 0.25) is 5.91 Å². The lowest BCUT2D eigenvalue weighted by Gasteiger charge is -2.36. The molecule has 1 saturated heterocycles. The maximum Gasteiger partial charge on any atom is 0.226 e. The van der Waals surface area contributed by atoms with Crippen molar-refractivity contribution >= 4 is 17.3 Å². The predicted octanol–water partition coefficient (Wildman–Crippen LogP) is 3.60. The van der Waals surface area contributed by atoms with Gasteiger partial charge in [-0.15, -0.1) is 0 Å². The minimum absolute atomic E-state index is 0.000543. The molecule has 0 bridgehead atoms. The second-order valence-electron chi connectivity index (χ2n) is 6.94. The van der Waals surface area contributed by atoms with E-state index in [0.717, 1.165) is 38.4 Å². The maximum absolute atomic E-state index is 11.7. The van der Waals surface area contributed by atoms with Crippen molar-refractivity contribution in [2.45, 2.75) is 20.4 Å². The van der Waals surface area contributed by atoms with E-state index in [4.69, 9.17) is 0 Å². The Labute approximate surface area is 150 Å². The van der Waals surface area contributed by atoms with E-state index < -0.39 is 0 Å². The molecule has 1 heterocycles. The Morgan fingerprint density at radius 2 is 1.60 bits per heavy atom. The average Bonchev–Trinajstić information content (AvgIpc) is 2.64. The predicted molar refractivity (Wildman–Crippen MR) is 104 cm³/mol. The average molecular weight is 337 g/mol. The molecule has 1 fully saturated rings. The summed E-state index contributed by atoms with van der Waals surface area (Å²) in [4.78, 5) is 16.7. The Bertz CT molecular complexity index is 674. The summed E-state index contributed by atoms with van der Waals surface area (Å²) in [6.45, 7) is 9.03. The van der Waals surface area contributed by atoms with Gasteiger partial charge in [-0.2, -0.15) is 0 Å². The van der Waals surface area contributed by atoms with Gasteiger partial charge in [0.25, 0.3) is 0 Å².